The number of hydrogen-bond acceptors (Lipinski definition) is 6. The van der Waals surface area contributed by atoms with E-state index in [0.717, 1.165) is 39.6 Å². The molecule has 0 atom stereocenters. The predicted molar refractivity (Wildman–Crippen MR) is 121 cm³/mol. The number of pyridine rings is 1. The van der Waals surface area contributed by atoms with Gasteiger partial charge in [-0.1, -0.05) is 24.3 Å². The highest BCUT2D eigenvalue weighted by molar-refractivity contribution is 6.08. The molecule has 0 saturated heterocycles. The van der Waals surface area contributed by atoms with Gasteiger partial charge in [-0.3, -0.25) is 4.40 Å². The van der Waals surface area contributed by atoms with Crippen molar-refractivity contribution in [1.29, 1.82) is 5.41 Å². The summed E-state index contributed by atoms with van der Waals surface area (Å²) in [6.07, 6.45) is 8.55. The molecule has 4 rings (SSSR count). The molecule has 0 fully saturated rings. The Morgan fingerprint density at radius 2 is 1.93 bits per heavy atom. The quantitative estimate of drug-likeness (QED) is 0.411. The fourth-order valence-electron chi connectivity index (χ4n) is 3.24. The molecule has 0 aliphatic heterocycles. The largest absolute Gasteiger partial charge is 0.393 e. The molecule has 3 heterocycles. The van der Waals surface area contributed by atoms with Gasteiger partial charge < -0.3 is 16.0 Å². The lowest BCUT2D eigenvalue weighted by molar-refractivity contribution is 1.07. The zero-order valence-electron chi connectivity index (χ0n) is 16.9. The van der Waals surface area contributed by atoms with Crippen LogP contribution in [0.2, 0.25) is 0 Å². The van der Waals surface area contributed by atoms with Gasteiger partial charge in [0.1, 0.15) is 17.8 Å². The summed E-state index contributed by atoms with van der Waals surface area (Å²) >= 11 is 0. The van der Waals surface area contributed by atoms with Gasteiger partial charge in [-0.25, -0.2) is 15.0 Å². The van der Waals surface area contributed by atoms with Crippen molar-refractivity contribution in [3.63, 3.8) is 0 Å². The van der Waals surface area contributed by atoms with Crippen LogP contribution < -0.4 is 10.6 Å². The van der Waals surface area contributed by atoms with E-state index in [0.29, 0.717) is 6.54 Å². The number of fused-ring (bicyclic) bond motifs is 1. The summed E-state index contributed by atoms with van der Waals surface area (Å²) in [5.74, 6) is 0.751. The Hall–Kier alpha value is -4.00. The number of allylic oxidation sites excluding steroid dienone is 1. The van der Waals surface area contributed by atoms with E-state index in [4.69, 9.17) is 5.41 Å². The van der Waals surface area contributed by atoms with E-state index < -0.39 is 0 Å². The van der Waals surface area contributed by atoms with Gasteiger partial charge >= 0.3 is 0 Å². The van der Waals surface area contributed by atoms with Crippen molar-refractivity contribution >= 4 is 23.3 Å². The summed E-state index contributed by atoms with van der Waals surface area (Å²) in [6.45, 7) is 2.69. The summed E-state index contributed by atoms with van der Waals surface area (Å²) in [5, 5.41) is 13.8. The Morgan fingerprint density at radius 3 is 2.70 bits per heavy atom. The van der Waals surface area contributed by atoms with Gasteiger partial charge in [0.25, 0.3) is 0 Å². The van der Waals surface area contributed by atoms with Crippen molar-refractivity contribution in [2.45, 2.75) is 13.5 Å². The standard InChI is InChI=1S/C23H23N7/c1-16-7-8-30-21(14-27-23(30)9-16)20-10-22(29-15-28-20)26-12-17-3-5-18(6-4-17)19(11-24)13-25-2/h3-11,13-15,24-25H,12H2,1-2H3,(H,26,28,29)/b19-13+,24-11?. The van der Waals surface area contributed by atoms with Gasteiger partial charge in [0.05, 0.1) is 17.6 Å². The van der Waals surface area contributed by atoms with Gasteiger partial charge in [0, 0.05) is 43.8 Å². The van der Waals surface area contributed by atoms with Crippen molar-refractivity contribution in [3.05, 3.63) is 84.1 Å². The molecule has 0 spiro atoms. The van der Waals surface area contributed by atoms with Crippen molar-refractivity contribution in [1.82, 2.24) is 24.7 Å². The molecule has 0 unspecified atom stereocenters. The molecule has 0 bridgehead atoms. The summed E-state index contributed by atoms with van der Waals surface area (Å²) in [5.41, 5.74) is 6.76. The SMILES string of the molecule is CN/C=C(\C=N)c1ccc(CNc2cc(-c3cnc4cc(C)ccn34)ncn2)cc1. The van der Waals surface area contributed by atoms with Gasteiger partial charge in [-0.15, -0.1) is 0 Å². The Bertz CT molecular complexity index is 1210. The van der Waals surface area contributed by atoms with E-state index in [-0.39, 0.29) is 0 Å². The number of nitrogens with zero attached hydrogens (tertiary/aromatic N) is 4. The number of aryl methyl sites for hydroxylation is 1. The van der Waals surface area contributed by atoms with Crippen LogP contribution in [0.25, 0.3) is 22.6 Å². The second-order valence-electron chi connectivity index (χ2n) is 6.95. The van der Waals surface area contributed by atoms with Crippen molar-refractivity contribution in [2.24, 2.45) is 0 Å². The summed E-state index contributed by atoms with van der Waals surface area (Å²) in [7, 11) is 1.83. The van der Waals surface area contributed by atoms with E-state index in [1.807, 2.05) is 66.4 Å². The molecule has 0 radical (unpaired) electrons. The lowest BCUT2D eigenvalue weighted by Gasteiger charge is -2.08. The lowest BCUT2D eigenvalue weighted by atomic mass is 10.1. The molecular weight excluding hydrogens is 374 g/mol. The topological polar surface area (TPSA) is 91.0 Å². The lowest BCUT2D eigenvalue weighted by Crippen LogP contribution is -2.03. The maximum Gasteiger partial charge on any atom is 0.137 e. The number of hydrogen-bond donors (Lipinski definition) is 3. The third-order valence-corrected chi connectivity index (χ3v) is 4.81. The molecule has 3 N–H and O–H groups in total. The average molecular weight is 397 g/mol. The highest BCUT2D eigenvalue weighted by atomic mass is 15.0. The normalized spacial score (nSPS) is 11.5. The molecule has 7 heteroatoms. The molecule has 4 aromatic rings. The maximum absolute atomic E-state index is 7.52. The summed E-state index contributed by atoms with van der Waals surface area (Å²) in [4.78, 5) is 13.2. The van der Waals surface area contributed by atoms with Gasteiger partial charge in [0.15, 0.2) is 0 Å². The van der Waals surface area contributed by atoms with Crippen molar-refractivity contribution in [3.8, 4) is 11.4 Å². The van der Waals surface area contributed by atoms with Crippen LogP contribution >= 0.6 is 0 Å². The first-order valence-electron chi connectivity index (χ1n) is 9.65. The Kier molecular flexibility index (Phi) is 5.52. The first kappa shape index (κ1) is 19.3. The smallest absolute Gasteiger partial charge is 0.137 e. The van der Waals surface area contributed by atoms with Crippen LogP contribution in [0.15, 0.2) is 67.4 Å². The molecule has 0 aliphatic carbocycles. The number of anilines is 1. The minimum atomic E-state index is 0.638. The zero-order chi connectivity index (χ0) is 20.9. The van der Waals surface area contributed by atoms with Crippen molar-refractivity contribution in [2.75, 3.05) is 12.4 Å². The monoisotopic (exact) mass is 397 g/mol. The number of aromatic nitrogens is 4. The molecular formula is C23H23N7. The van der Waals surface area contributed by atoms with Gasteiger partial charge in [0.2, 0.25) is 0 Å². The Labute approximate surface area is 175 Å². The molecule has 30 heavy (non-hydrogen) atoms. The maximum atomic E-state index is 7.52. The van der Waals surface area contributed by atoms with E-state index in [1.54, 1.807) is 6.33 Å². The van der Waals surface area contributed by atoms with Crippen molar-refractivity contribution < 1.29 is 0 Å². The van der Waals surface area contributed by atoms with E-state index >= 15 is 0 Å². The first-order valence-corrected chi connectivity index (χ1v) is 9.65. The second kappa shape index (κ2) is 8.57. The average Bonchev–Trinajstić information content (AvgIpc) is 3.20. The number of benzene rings is 1. The third kappa shape index (κ3) is 4.05. The minimum Gasteiger partial charge on any atom is -0.393 e. The molecule has 0 aliphatic rings. The van der Waals surface area contributed by atoms with Gasteiger partial charge in [-0.05, 0) is 35.7 Å². The van der Waals surface area contributed by atoms with Crippen LogP contribution in [0.5, 0.6) is 0 Å². The Balaban J connectivity index is 1.50. The van der Waals surface area contributed by atoms with E-state index in [1.165, 1.54) is 11.8 Å². The molecule has 1 aromatic carbocycles. The summed E-state index contributed by atoms with van der Waals surface area (Å²) in [6, 6.07) is 14.1. The minimum absolute atomic E-state index is 0.638. The number of rotatable bonds is 7. The van der Waals surface area contributed by atoms with Gasteiger partial charge in [-0.2, -0.15) is 0 Å². The fraction of sp³-hybridized carbons (Fsp3) is 0.130. The highest BCUT2D eigenvalue weighted by Crippen LogP contribution is 2.21. The highest BCUT2D eigenvalue weighted by Gasteiger charge is 2.09. The van der Waals surface area contributed by atoms with Crippen LogP contribution in [0, 0.1) is 12.3 Å². The summed E-state index contributed by atoms with van der Waals surface area (Å²) < 4.78 is 2.03. The third-order valence-electron chi connectivity index (χ3n) is 4.81. The number of imidazole rings is 1. The second-order valence-corrected chi connectivity index (χ2v) is 6.95. The number of nitrogens with one attached hydrogen (secondary N) is 3. The predicted octanol–water partition coefficient (Wildman–Crippen LogP) is 3.92. The van der Waals surface area contributed by atoms with Crippen LogP contribution in [0.4, 0.5) is 5.82 Å². The molecule has 0 amide bonds. The fourth-order valence-corrected chi connectivity index (χ4v) is 3.24. The Morgan fingerprint density at radius 1 is 1.10 bits per heavy atom. The molecule has 7 nitrogen and oxygen atoms in total. The first-order chi connectivity index (χ1) is 14.7. The molecule has 150 valence electrons. The van der Waals surface area contributed by atoms with E-state index in [2.05, 4.69) is 38.6 Å². The van der Waals surface area contributed by atoms with Crippen LogP contribution in [-0.2, 0) is 6.54 Å². The van der Waals surface area contributed by atoms with Crippen LogP contribution in [0.3, 0.4) is 0 Å². The molecule has 0 saturated carbocycles. The van der Waals surface area contributed by atoms with Crippen LogP contribution in [-0.4, -0.2) is 32.6 Å². The molecule has 3 aromatic heterocycles. The van der Waals surface area contributed by atoms with E-state index in [9.17, 15) is 0 Å². The van der Waals surface area contributed by atoms with Crippen LogP contribution in [0.1, 0.15) is 16.7 Å². The zero-order valence-corrected chi connectivity index (χ0v) is 16.9.